The molecule has 1 fully saturated rings. The van der Waals surface area contributed by atoms with Gasteiger partial charge >= 0.3 is 6.18 Å². The minimum absolute atomic E-state index is 0.0641. The molecule has 1 aromatic rings. The predicted molar refractivity (Wildman–Crippen MR) is 51.9 cm³/mol. The summed E-state index contributed by atoms with van der Waals surface area (Å²) in [4.78, 5) is 3.22. The van der Waals surface area contributed by atoms with E-state index in [0.717, 1.165) is 25.1 Å². The smallest absolute Gasteiger partial charge is 0.433 e. The fourth-order valence-corrected chi connectivity index (χ4v) is 1.22. The number of rotatable bonds is 3. The summed E-state index contributed by atoms with van der Waals surface area (Å²) >= 11 is 0. The number of nitrogens with zero attached hydrogens (tertiary/aromatic N) is 1. The molecule has 0 aromatic carbocycles. The molecule has 1 aliphatic carbocycles. The normalized spacial score (nSPS) is 16.2. The second kappa shape index (κ2) is 3.84. The largest absolute Gasteiger partial charge is 0.491 e. The third-order valence-corrected chi connectivity index (χ3v) is 2.36. The number of hydrogen-bond donors (Lipinski definition) is 1. The zero-order chi connectivity index (χ0) is 11.8. The first-order valence-corrected chi connectivity index (χ1v) is 4.92. The molecule has 3 nitrogen and oxygen atoms in total. The molecule has 0 aliphatic heterocycles. The maximum atomic E-state index is 12.4. The van der Waals surface area contributed by atoms with Crippen LogP contribution in [0.25, 0.3) is 0 Å². The van der Waals surface area contributed by atoms with Gasteiger partial charge in [0.15, 0.2) is 0 Å². The van der Waals surface area contributed by atoms with Crippen molar-refractivity contribution >= 4 is 5.69 Å². The first kappa shape index (κ1) is 11.0. The second-order valence-corrected chi connectivity index (χ2v) is 3.86. The molecule has 0 saturated heterocycles. The molecule has 0 radical (unpaired) electrons. The van der Waals surface area contributed by atoms with Gasteiger partial charge in [-0.15, -0.1) is 0 Å². The lowest BCUT2D eigenvalue weighted by Crippen LogP contribution is -2.10. The van der Waals surface area contributed by atoms with Gasteiger partial charge in [-0.3, -0.25) is 0 Å². The van der Waals surface area contributed by atoms with Crippen LogP contribution in [0.2, 0.25) is 0 Å². The van der Waals surface area contributed by atoms with Crippen molar-refractivity contribution in [1.29, 1.82) is 0 Å². The number of alkyl halides is 3. The average Bonchev–Trinajstić information content (AvgIpc) is 2.98. The minimum atomic E-state index is -4.47. The van der Waals surface area contributed by atoms with Gasteiger partial charge in [-0.2, -0.15) is 13.2 Å². The molecule has 2 N–H and O–H groups in total. The molecule has 6 heteroatoms. The highest BCUT2D eigenvalue weighted by Gasteiger charge is 2.33. The Labute approximate surface area is 90.4 Å². The quantitative estimate of drug-likeness (QED) is 0.870. The van der Waals surface area contributed by atoms with E-state index in [1.54, 1.807) is 0 Å². The van der Waals surface area contributed by atoms with Crippen molar-refractivity contribution in [1.82, 2.24) is 4.98 Å². The van der Waals surface area contributed by atoms with E-state index in [4.69, 9.17) is 10.5 Å². The first-order chi connectivity index (χ1) is 7.47. The van der Waals surface area contributed by atoms with Crippen LogP contribution in [0.4, 0.5) is 18.9 Å². The van der Waals surface area contributed by atoms with Crippen LogP contribution in [0.1, 0.15) is 18.5 Å². The Morgan fingerprint density at radius 2 is 2.12 bits per heavy atom. The van der Waals surface area contributed by atoms with Crippen LogP contribution < -0.4 is 10.5 Å². The van der Waals surface area contributed by atoms with Crippen molar-refractivity contribution < 1.29 is 17.9 Å². The maximum Gasteiger partial charge on any atom is 0.433 e. The molecule has 1 saturated carbocycles. The molecule has 1 heterocycles. The van der Waals surface area contributed by atoms with Gasteiger partial charge in [0, 0.05) is 6.07 Å². The summed E-state index contributed by atoms with van der Waals surface area (Å²) in [5, 5.41) is 0. The van der Waals surface area contributed by atoms with Gasteiger partial charge in [-0.1, -0.05) is 0 Å². The SMILES string of the molecule is Nc1cnc(C(F)(F)F)cc1OCC1CC1. The summed E-state index contributed by atoms with van der Waals surface area (Å²) in [5.74, 6) is 0.524. The summed E-state index contributed by atoms with van der Waals surface area (Å²) in [6, 6.07) is 0.845. The predicted octanol–water partition coefficient (Wildman–Crippen LogP) is 2.47. The standard InChI is InChI=1S/C10H11F3N2O/c11-10(12,13)9-3-8(7(14)4-15-9)16-5-6-1-2-6/h3-4,6H,1-2,5,14H2. The molecule has 0 unspecified atom stereocenters. The molecular formula is C10H11F3N2O. The summed E-state index contributed by atoms with van der Waals surface area (Å²) in [7, 11) is 0. The lowest BCUT2D eigenvalue weighted by molar-refractivity contribution is -0.141. The average molecular weight is 232 g/mol. The molecule has 0 amide bonds. The third-order valence-electron chi connectivity index (χ3n) is 2.36. The van der Waals surface area contributed by atoms with E-state index in [1.165, 1.54) is 0 Å². The van der Waals surface area contributed by atoms with Crippen LogP contribution in [0.15, 0.2) is 12.3 Å². The van der Waals surface area contributed by atoms with E-state index in [1.807, 2.05) is 0 Å². The number of aromatic nitrogens is 1. The zero-order valence-electron chi connectivity index (χ0n) is 8.42. The zero-order valence-corrected chi connectivity index (χ0v) is 8.42. The van der Waals surface area contributed by atoms with Gasteiger partial charge in [-0.25, -0.2) is 4.98 Å². The highest BCUT2D eigenvalue weighted by atomic mass is 19.4. The van der Waals surface area contributed by atoms with E-state index >= 15 is 0 Å². The number of anilines is 1. The molecule has 0 atom stereocenters. The molecule has 2 rings (SSSR count). The Morgan fingerprint density at radius 1 is 1.44 bits per heavy atom. The van der Waals surface area contributed by atoms with Crippen molar-refractivity contribution in [2.24, 2.45) is 5.92 Å². The number of nitrogen functional groups attached to an aromatic ring is 1. The number of pyridine rings is 1. The summed E-state index contributed by atoms with van der Waals surface area (Å²) in [6.07, 6.45) is -1.36. The fraction of sp³-hybridized carbons (Fsp3) is 0.500. The van der Waals surface area contributed by atoms with E-state index in [-0.39, 0.29) is 11.4 Å². The number of ether oxygens (including phenoxy) is 1. The Morgan fingerprint density at radius 3 is 2.69 bits per heavy atom. The van der Waals surface area contributed by atoms with E-state index in [2.05, 4.69) is 4.98 Å². The molecule has 1 aromatic heterocycles. The Kier molecular flexibility index (Phi) is 2.65. The van der Waals surface area contributed by atoms with Gasteiger partial charge in [0.1, 0.15) is 11.4 Å². The van der Waals surface area contributed by atoms with Gasteiger partial charge in [0.25, 0.3) is 0 Å². The molecule has 0 spiro atoms. The van der Waals surface area contributed by atoms with Crippen molar-refractivity contribution in [3.05, 3.63) is 18.0 Å². The van der Waals surface area contributed by atoms with Crippen LogP contribution in [0, 0.1) is 5.92 Å². The maximum absolute atomic E-state index is 12.4. The first-order valence-electron chi connectivity index (χ1n) is 4.92. The van der Waals surface area contributed by atoms with Crippen LogP contribution >= 0.6 is 0 Å². The van der Waals surface area contributed by atoms with Gasteiger partial charge < -0.3 is 10.5 Å². The highest BCUT2D eigenvalue weighted by molar-refractivity contribution is 5.51. The lowest BCUT2D eigenvalue weighted by Gasteiger charge is -2.11. The van der Waals surface area contributed by atoms with Crippen molar-refractivity contribution in [3.63, 3.8) is 0 Å². The number of halogens is 3. The summed E-state index contributed by atoms with van der Waals surface area (Å²) < 4.78 is 42.3. The molecule has 16 heavy (non-hydrogen) atoms. The van der Waals surface area contributed by atoms with Crippen molar-refractivity contribution in [3.8, 4) is 5.75 Å². The molecular weight excluding hydrogens is 221 g/mol. The van der Waals surface area contributed by atoms with Gasteiger partial charge in [-0.05, 0) is 18.8 Å². The van der Waals surface area contributed by atoms with Crippen molar-refractivity contribution in [2.45, 2.75) is 19.0 Å². The Balaban J connectivity index is 2.14. The summed E-state index contributed by atoms with van der Waals surface area (Å²) in [6.45, 7) is 0.422. The van der Waals surface area contributed by atoms with E-state index < -0.39 is 11.9 Å². The fourth-order valence-electron chi connectivity index (χ4n) is 1.22. The van der Waals surface area contributed by atoms with Crippen LogP contribution in [-0.2, 0) is 6.18 Å². The Hall–Kier alpha value is -1.46. The number of nitrogens with two attached hydrogens (primary N) is 1. The molecule has 88 valence electrons. The Bertz CT molecular complexity index is 388. The number of hydrogen-bond acceptors (Lipinski definition) is 3. The molecule has 0 bridgehead atoms. The second-order valence-electron chi connectivity index (χ2n) is 3.86. The minimum Gasteiger partial charge on any atom is -0.491 e. The van der Waals surface area contributed by atoms with Crippen LogP contribution in [0.5, 0.6) is 5.75 Å². The topological polar surface area (TPSA) is 48.1 Å². The monoisotopic (exact) mass is 232 g/mol. The van der Waals surface area contributed by atoms with Crippen molar-refractivity contribution in [2.75, 3.05) is 12.3 Å². The van der Waals surface area contributed by atoms with Gasteiger partial charge in [0.05, 0.1) is 18.5 Å². The molecule has 1 aliphatic rings. The summed E-state index contributed by atoms with van der Waals surface area (Å²) in [5.41, 5.74) is 4.64. The third kappa shape index (κ3) is 2.56. The van der Waals surface area contributed by atoms with E-state index in [9.17, 15) is 13.2 Å². The van der Waals surface area contributed by atoms with Gasteiger partial charge in [0.2, 0.25) is 0 Å². The van der Waals surface area contributed by atoms with Crippen LogP contribution in [0.3, 0.4) is 0 Å². The lowest BCUT2D eigenvalue weighted by atomic mass is 10.3. The van der Waals surface area contributed by atoms with Crippen LogP contribution in [-0.4, -0.2) is 11.6 Å². The van der Waals surface area contributed by atoms with E-state index in [0.29, 0.717) is 12.5 Å². The highest BCUT2D eigenvalue weighted by Crippen LogP contribution is 2.34.